The SMILES string of the molecule is Cc1ccc2c(c1)C(=O)c1cc(C)cc(C(F)(F)F)c1-2. The molecular weight excluding hydrogens is 265 g/mol. The lowest BCUT2D eigenvalue weighted by Crippen LogP contribution is -2.08. The number of hydrogen-bond donors (Lipinski definition) is 0. The molecule has 0 fully saturated rings. The van der Waals surface area contributed by atoms with Gasteiger partial charge in [-0.05, 0) is 43.2 Å². The number of benzene rings is 2. The standard InChI is InChI=1S/C16H11F3O/c1-8-3-4-10-11(5-8)15(20)12-6-9(2)7-13(14(10)12)16(17,18)19/h3-7H,1-2H3. The lowest BCUT2D eigenvalue weighted by Gasteiger charge is -2.13. The molecule has 1 aliphatic carbocycles. The normalized spacial score (nSPS) is 13.3. The van der Waals surface area contributed by atoms with Crippen molar-refractivity contribution >= 4 is 5.78 Å². The van der Waals surface area contributed by atoms with Crippen molar-refractivity contribution in [1.82, 2.24) is 0 Å². The second kappa shape index (κ2) is 3.95. The van der Waals surface area contributed by atoms with E-state index in [0.717, 1.165) is 11.6 Å². The third-order valence-corrected chi connectivity index (χ3v) is 3.52. The van der Waals surface area contributed by atoms with Crippen molar-refractivity contribution in [3.05, 3.63) is 58.1 Å². The number of carbonyl (C=O) groups excluding carboxylic acids is 1. The van der Waals surface area contributed by atoms with E-state index >= 15 is 0 Å². The van der Waals surface area contributed by atoms with Gasteiger partial charge in [-0.2, -0.15) is 13.2 Å². The maximum absolute atomic E-state index is 13.2. The van der Waals surface area contributed by atoms with Crippen LogP contribution in [0.15, 0.2) is 30.3 Å². The van der Waals surface area contributed by atoms with Gasteiger partial charge in [-0.15, -0.1) is 0 Å². The van der Waals surface area contributed by atoms with Gasteiger partial charge in [0.05, 0.1) is 5.56 Å². The molecule has 2 aromatic rings. The Bertz CT molecular complexity index is 742. The average molecular weight is 276 g/mol. The zero-order chi connectivity index (χ0) is 14.7. The van der Waals surface area contributed by atoms with Crippen LogP contribution in [0.5, 0.6) is 0 Å². The molecular formula is C16H11F3O. The van der Waals surface area contributed by atoms with E-state index in [9.17, 15) is 18.0 Å². The Labute approximate surface area is 114 Å². The van der Waals surface area contributed by atoms with E-state index in [1.807, 2.05) is 6.92 Å². The number of ketones is 1. The molecule has 0 N–H and O–H groups in total. The summed E-state index contributed by atoms with van der Waals surface area (Å²) in [5.74, 6) is -0.326. The Hall–Kier alpha value is -2.10. The van der Waals surface area contributed by atoms with E-state index in [1.54, 1.807) is 25.1 Å². The smallest absolute Gasteiger partial charge is 0.289 e. The molecule has 0 aromatic heterocycles. The molecule has 0 saturated heterocycles. The summed E-state index contributed by atoms with van der Waals surface area (Å²) in [6.07, 6.45) is -4.47. The minimum absolute atomic E-state index is 0.0168. The first-order chi connectivity index (χ1) is 9.29. The summed E-state index contributed by atoms with van der Waals surface area (Å²) in [5.41, 5.74) is 1.47. The van der Waals surface area contributed by atoms with Crippen molar-refractivity contribution in [2.75, 3.05) is 0 Å². The molecule has 20 heavy (non-hydrogen) atoms. The zero-order valence-electron chi connectivity index (χ0n) is 10.9. The van der Waals surface area contributed by atoms with Gasteiger partial charge in [0.2, 0.25) is 0 Å². The number of aryl methyl sites for hydroxylation is 2. The maximum atomic E-state index is 13.2. The number of fused-ring (bicyclic) bond motifs is 3. The summed E-state index contributed by atoms with van der Waals surface area (Å²) < 4.78 is 39.6. The molecule has 0 saturated carbocycles. The van der Waals surface area contributed by atoms with Crippen LogP contribution in [0.4, 0.5) is 13.2 Å². The van der Waals surface area contributed by atoms with Crippen LogP contribution in [0.2, 0.25) is 0 Å². The van der Waals surface area contributed by atoms with Crippen LogP contribution < -0.4 is 0 Å². The van der Waals surface area contributed by atoms with Crippen molar-refractivity contribution in [3.8, 4) is 11.1 Å². The molecule has 3 rings (SSSR count). The van der Waals surface area contributed by atoms with E-state index in [0.29, 0.717) is 16.7 Å². The third kappa shape index (κ3) is 1.75. The number of carbonyl (C=O) groups is 1. The van der Waals surface area contributed by atoms with E-state index in [4.69, 9.17) is 0 Å². The zero-order valence-corrected chi connectivity index (χ0v) is 10.9. The Morgan fingerprint density at radius 1 is 0.850 bits per heavy atom. The minimum Gasteiger partial charge on any atom is -0.289 e. The van der Waals surface area contributed by atoms with E-state index < -0.39 is 11.7 Å². The Morgan fingerprint density at radius 3 is 2.15 bits per heavy atom. The molecule has 102 valence electrons. The summed E-state index contributed by atoms with van der Waals surface area (Å²) >= 11 is 0. The number of halogens is 3. The first-order valence-corrected chi connectivity index (χ1v) is 6.16. The molecule has 0 amide bonds. The topological polar surface area (TPSA) is 17.1 Å². The van der Waals surface area contributed by atoms with Crippen LogP contribution >= 0.6 is 0 Å². The Kier molecular flexibility index (Phi) is 2.55. The van der Waals surface area contributed by atoms with Crippen LogP contribution in [0.3, 0.4) is 0 Å². The van der Waals surface area contributed by atoms with Crippen LogP contribution in [0.1, 0.15) is 32.6 Å². The second-order valence-corrected chi connectivity index (χ2v) is 5.11. The molecule has 0 aliphatic heterocycles. The van der Waals surface area contributed by atoms with Gasteiger partial charge in [-0.3, -0.25) is 4.79 Å². The fourth-order valence-corrected chi connectivity index (χ4v) is 2.69. The Morgan fingerprint density at radius 2 is 1.50 bits per heavy atom. The largest absolute Gasteiger partial charge is 0.417 e. The van der Waals surface area contributed by atoms with E-state index in [-0.39, 0.29) is 16.9 Å². The molecule has 0 heterocycles. The van der Waals surface area contributed by atoms with Gasteiger partial charge in [-0.25, -0.2) is 0 Å². The van der Waals surface area contributed by atoms with Gasteiger partial charge in [0, 0.05) is 16.7 Å². The van der Waals surface area contributed by atoms with Crippen LogP contribution in [0.25, 0.3) is 11.1 Å². The fraction of sp³-hybridized carbons (Fsp3) is 0.188. The predicted molar refractivity (Wildman–Crippen MR) is 69.8 cm³/mol. The first-order valence-electron chi connectivity index (χ1n) is 6.16. The summed E-state index contributed by atoms with van der Waals surface area (Å²) in [6.45, 7) is 3.38. The van der Waals surface area contributed by atoms with Crippen molar-refractivity contribution < 1.29 is 18.0 Å². The molecule has 1 aliphatic rings. The van der Waals surface area contributed by atoms with Crippen molar-refractivity contribution in [1.29, 1.82) is 0 Å². The summed E-state index contributed by atoms with van der Waals surface area (Å²) in [6, 6.07) is 7.59. The Balaban J connectivity index is 2.40. The first kappa shape index (κ1) is 12.9. The van der Waals surface area contributed by atoms with Crippen LogP contribution in [0, 0.1) is 13.8 Å². The molecule has 0 unspecified atom stereocenters. The fourth-order valence-electron chi connectivity index (χ4n) is 2.69. The molecule has 0 bridgehead atoms. The molecule has 0 atom stereocenters. The highest BCUT2D eigenvalue weighted by atomic mass is 19.4. The predicted octanol–water partition coefficient (Wildman–Crippen LogP) is 4.53. The summed E-state index contributed by atoms with van der Waals surface area (Å²) in [4.78, 5) is 12.3. The van der Waals surface area contributed by atoms with E-state index in [2.05, 4.69) is 0 Å². The van der Waals surface area contributed by atoms with Gasteiger partial charge < -0.3 is 0 Å². The molecule has 0 spiro atoms. The molecule has 4 heteroatoms. The summed E-state index contributed by atoms with van der Waals surface area (Å²) in [5, 5.41) is 0. The second-order valence-electron chi connectivity index (χ2n) is 5.11. The van der Waals surface area contributed by atoms with Gasteiger partial charge in [0.15, 0.2) is 5.78 Å². The van der Waals surface area contributed by atoms with Gasteiger partial charge in [0.25, 0.3) is 0 Å². The van der Waals surface area contributed by atoms with Gasteiger partial charge >= 0.3 is 6.18 Å². The highest BCUT2D eigenvalue weighted by Crippen LogP contribution is 2.45. The average Bonchev–Trinajstić information content (AvgIpc) is 2.61. The lowest BCUT2D eigenvalue weighted by molar-refractivity contribution is -0.137. The maximum Gasteiger partial charge on any atom is 0.417 e. The minimum atomic E-state index is -4.47. The quantitative estimate of drug-likeness (QED) is 0.589. The van der Waals surface area contributed by atoms with Gasteiger partial charge in [-0.1, -0.05) is 17.7 Å². The van der Waals surface area contributed by atoms with Crippen molar-refractivity contribution in [3.63, 3.8) is 0 Å². The number of alkyl halides is 3. The van der Waals surface area contributed by atoms with Crippen molar-refractivity contribution in [2.45, 2.75) is 20.0 Å². The monoisotopic (exact) mass is 276 g/mol. The highest BCUT2D eigenvalue weighted by Gasteiger charge is 2.39. The highest BCUT2D eigenvalue weighted by molar-refractivity contribution is 6.22. The molecule has 0 radical (unpaired) electrons. The molecule has 1 nitrogen and oxygen atoms in total. The summed E-state index contributed by atoms with van der Waals surface area (Å²) in [7, 11) is 0. The van der Waals surface area contributed by atoms with E-state index in [1.165, 1.54) is 6.07 Å². The lowest BCUT2D eigenvalue weighted by atomic mass is 9.96. The third-order valence-electron chi connectivity index (χ3n) is 3.52. The molecule has 2 aromatic carbocycles. The number of hydrogen-bond acceptors (Lipinski definition) is 1. The number of rotatable bonds is 0. The van der Waals surface area contributed by atoms with Crippen molar-refractivity contribution in [2.24, 2.45) is 0 Å². The van der Waals surface area contributed by atoms with Crippen LogP contribution in [-0.4, -0.2) is 5.78 Å². The van der Waals surface area contributed by atoms with Crippen LogP contribution in [-0.2, 0) is 6.18 Å². The van der Waals surface area contributed by atoms with Gasteiger partial charge in [0.1, 0.15) is 0 Å².